The van der Waals surface area contributed by atoms with Gasteiger partial charge in [-0.2, -0.15) is 0 Å². The molecule has 1 aromatic carbocycles. The van der Waals surface area contributed by atoms with Crippen LogP contribution in [0.15, 0.2) is 24.3 Å². The van der Waals surface area contributed by atoms with Crippen molar-refractivity contribution in [1.82, 2.24) is 0 Å². The fraction of sp³-hybridized carbons (Fsp3) is 0.724. The molecule has 3 N–H and O–H groups in total. The average molecular weight is 476 g/mol. The van der Waals surface area contributed by atoms with Crippen LogP contribution in [0.5, 0.6) is 5.75 Å². The van der Waals surface area contributed by atoms with Crippen LogP contribution in [0.3, 0.4) is 0 Å². The number of ether oxygens (including phenoxy) is 1. The first-order valence-corrected chi connectivity index (χ1v) is 13.8. The van der Waals surface area contributed by atoms with Crippen molar-refractivity contribution in [1.29, 1.82) is 0 Å². The monoisotopic (exact) mass is 475 g/mol. The first-order chi connectivity index (χ1) is 16.5. The number of rotatable bonds is 22. The van der Waals surface area contributed by atoms with Crippen molar-refractivity contribution < 1.29 is 19.4 Å². The Hall–Kier alpha value is -1.88. The Morgan fingerprint density at radius 2 is 1.15 bits per heavy atom. The van der Waals surface area contributed by atoms with Crippen LogP contribution < -0.4 is 10.5 Å². The number of hydrogen-bond acceptors (Lipinski definition) is 4. The van der Waals surface area contributed by atoms with Crippen molar-refractivity contribution in [2.24, 2.45) is 5.73 Å². The molecule has 0 amide bonds. The second kappa shape index (κ2) is 20.5. The summed E-state index contributed by atoms with van der Waals surface area (Å²) in [7, 11) is 0. The van der Waals surface area contributed by atoms with Gasteiger partial charge in [0.25, 0.3) is 0 Å². The molecule has 1 rings (SSSR count). The van der Waals surface area contributed by atoms with E-state index in [2.05, 4.69) is 6.92 Å². The molecule has 0 aliphatic rings. The van der Waals surface area contributed by atoms with Gasteiger partial charge in [-0.1, -0.05) is 122 Å². The largest absolute Gasteiger partial charge is 0.480 e. The third-order valence-corrected chi connectivity index (χ3v) is 6.41. The molecule has 0 aromatic heterocycles. The van der Waals surface area contributed by atoms with Crippen LogP contribution in [-0.4, -0.2) is 23.1 Å². The Balaban J connectivity index is 1.90. The van der Waals surface area contributed by atoms with Crippen LogP contribution in [-0.2, 0) is 16.0 Å². The predicted molar refractivity (Wildman–Crippen MR) is 140 cm³/mol. The highest BCUT2D eigenvalue weighted by Gasteiger charge is 2.12. The number of carbonyl (C=O) groups excluding carboxylic acids is 1. The van der Waals surface area contributed by atoms with Gasteiger partial charge in [0.15, 0.2) is 0 Å². The normalized spacial score (nSPS) is 11.9. The maximum absolute atomic E-state index is 12.0. The number of carboxylic acid groups (broad SMARTS) is 1. The zero-order valence-electron chi connectivity index (χ0n) is 21.6. The molecular weight excluding hydrogens is 426 g/mol. The lowest BCUT2D eigenvalue weighted by molar-refractivity contribution is -0.138. The molecule has 5 heteroatoms. The van der Waals surface area contributed by atoms with Gasteiger partial charge in [0, 0.05) is 6.42 Å². The number of nitrogens with two attached hydrogens (primary N) is 1. The molecule has 194 valence electrons. The molecule has 0 saturated heterocycles. The summed E-state index contributed by atoms with van der Waals surface area (Å²) >= 11 is 0. The minimum absolute atomic E-state index is 0.212. The molecule has 0 radical (unpaired) electrons. The summed E-state index contributed by atoms with van der Waals surface area (Å²) in [5.41, 5.74) is 6.35. The topological polar surface area (TPSA) is 89.6 Å². The number of unbranched alkanes of at least 4 members (excludes halogenated alkanes) is 16. The third kappa shape index (κ3) is 16.7. The minimum Gasteiger partial charge on any atom is -0.480 e. The molecule has 0 aliphatic carbocycles. The molecule has 0 saturated carbocycles. The van der Waals surface area contributed by atoms with Crippen LogP contribution in [0.1, 0.15) is 128 Å². The fourth-order valence-corrected chi connectivity index (χ4v) is 4.21. The molecule has 0 unspecified atom stereocenters. The lowest BCUT2D eigenvalue weighted by Crippen LogP contribution is -2.32. The molecule has 1 atom stereocenters. The van der Waals surface area contributed by atoms with E-state index in [1.807, 2.05) is 0 Å². The van der Waals surface area contributed by atoms with Crippen LogP contribution >= 0.6 is 0 Å². The highest BCUT2D eigenvalue weighted by atomic mass is 16.5. The molecule has 0 spiro atoms. The number of carboxylic acids is 1. The first kappa shape index (κ1) is 30.2. The quantitative estimate of drug-likeness (QED) is 0.102. The molecule has 0 fully saturated rings. The van der Waals surface area contributed by atoms with Gasteiger partial charge in [0.05, 0.1) is 0 Å². The van der Waals surface area contributed by atoms with Gasteiger partial charge in [0.2, 0.25) is 0 Å². The Kier molecular flexibility index (Phi) is 18.2. The second-order valence-electron chi connectivity index (χ2n) is 9.67. The molecule has 0 aliphatic heterocycles. The van der Waals surface area contributed by atoms with Crippen LogP contribution in [0.4, 0.5) is 0 Å². The summed E-state index contributed by atoms with van der Waals surface area (Å²) in [5, 5.41) is 8.86. The number of hydrogen-bond donors (Lipinski definition) is 2. The van der Waals surface area contributed by atoms with Gasteiger partial charge in [-0.3, -0.25) is 9.59 Å². The Bertz CT molecular complexity index is 644. The number of esters is 1. The summed E-state index contributed by atoms with van der Waals surface area (Å²) in [6.45, 7) is 2.27. The van der Waals surface area contributed by atoms with Crippen molar-refractivity contribution >= 4 is 11.9 Å². The molecule has 5 nitrogen and oxygen atoms in total. The van der Waals surface area contributed by atoms with Gasteiger partial charge in [-0.15, -0.1) is 0 Å². The lowest BCUT2D eigenvalue weighted by atomic mass is 10.0. The molecular formula is C29H49NO4. The zero-order chi connectivity index (χ0) is 24.9. The van der Waals surface area contributed by atoms with E-state index in [0.717, 1.165) is 18.4 Å². The van der Waals surface area contributed by atoms with E-state index in [9.17, 15) is 9.59 Å². The van der Waals surface area contributed by atoms with E-state index in [1.54, 1.807) is 24.3 Å². The van der Waals surface area contributed by atoms with Crippen molar-refractivity contribution in [3.05, 3.63) is 29.8 Å². The summed E-state index contributed by atoms with van der Waals surface area (Å²) in [5.74, 6) is -0.745. The zero-order valence-corrected chi connectivity index (χ0v) is 21.6. The van der Waals surface area contributed by atoms with Crippen molar-refractivity contribution in [3.8, 4) is 5.75 Å². The Labute approximate surface area is 207 Å². The van der Waals surface area contributed by atoms with E-state index in [1.165, 1.54) is 96.3 Å². The summed E-state index contributed by atoms with van der Waals surface area (Å²) in [4.78, 5) is 22.8. The van der Waals surface area contributed by atoms with E-state index in [4.69, 9.17) is 15.6 Å². The van der Waals surface area contributed by atoms with Crippen molar-refractivity contribution in [3.63, 3.8) is 0 Å². The Morgan fingerprint density at radius 1 is 0.735 bits per heavy atom. The van der Waals surface area contributed by atoms with E-state index >= 15 is 0 Å². The standard InChI is InChI=1S/C29H49NO4/c1-2-3-4-5-6-7-8-9-10-11-12-13-14-15-16-17-18-19-28(31)34-26-22-20-25(21-23-26)24-27(30)29(32)33/h20-23,27H,2-19,24,30H2,1H3,(H,32,33)/t27-/m0/s1. The summed E-state index contributed by atoms with van der Waals surface area (Å²) in [6.07, 6.45) is 23.1. The van der Waals surface area contributed by atoms with Crippen LogP contribution in [0.25, 0.3) is 0 Å². The number of carbonyl (C=O) groups is 2. The van der Waals surface area contributed by atoms with E-state index in [0.29, 0.717) is 12.2 Å². The van der Waals surface area contributed by atoms with Crippen molar-refractivity contribution in [2.75, 3.05) is 0 Å². The first-order valence-electron chi connectivity index (χ1n) is 13.8. The molecule has 0 bridgehead atoms. The summed E-state index contributed by atoms with van der Waals surface area (Å²) in [6, 6.07) is 5.96. The lowest BCUT2D eigenvalue weighted by Gasteiger charge is -2.08. The third-order valence-electron chi connectivity index (χ3n) is 6.41. The van der Waals surface area contributed by atoms with Crippen LogP contribution in [0.2, 0.25) is 0 Å². The molecule has 0 heterocycles. The smallest absolute Gasteiger partial charge is 0.320 e. The van der Waals surface area contributed by atoms with Gasteiger partial charge in [-0.05, 0) is 30.5 Å². The maximum atomic E-state index is 12.0. The number of benzene rings is 1. The average Bonchev–Trinajstić information content (AvgIpc) is 2.82. The minimum atomic E-state index is -1.02. The predicted octanol–water partition coefficient (Wildman–Crippen LogP) is 7.59. The maximum Gasteiger partial charge on any atom is 0.320 e. The van der Waals surface area contributed by atoms with Gasteiger partial charge in [-0.25, -0.2) is 0 Å². The Morgan fingerprint density at radius 3 is 1.56 bits per heavy atom. The van der Waals surface area contributed by atoms with Gasteiger partial charge >= 0.3 is 11.9 Å². The van der Waals surface area contributed by atoms with Crippen molar-refractivity contribution in [2.45, 2.75) is 135 Å². The fourth-order valence-electron chi connectivity index (χ4n) is 4.21. The van der Waals surface area contributed by atoms with Gasteiger partial charge < -0.3 is 15.6 Å². The van der Waals surface area contributed by atoms with E-state index in [-0.39, 0.29) is 12.4 Å². The molecule has 34 heavy (non-hydrogen) atoms. The summed E-state index contributed by atoms with van der Waals surface area (Å²) < 4.78 is 5.36. The van der Waals surface area contributed by atoms with E-state index < -0.39 is 12.0 Å². The van der Waals surface area contributed by atoms with Crippen LogP contribution in [0, 0.1) is 0 Å². The van der Waals surface area contributed by atoms with Gasteiger partial charge in [0.1, 0.15) is 11.8 Å². The second-order valence-corrected chi connectivity index (χ2v) is 9.67. The SMILES string of the molecule is CCCCCCCCCCCCCCCCCCCC(=O)Oc1ccc(C[C@H](N)C(=O)O)cc1. The molecule has 1 aromatic rings. The highest BCUT2D eigenvalue weighted by molar-refractivity contribution is 5.73. The highest BCUT2D eigenvalue weighted by Crippen LogP contribution is 2.16. The number of aliphatic carboxylic acids is 1.